The summed E-state index contributed by atoms with van der Waals surface area (Å²) in [6.45, 7) is 3.15. The second kappa shape index (κ2) is 7.75. The Bertz CT molecular complexity index is 657. The topological polar surface area (TPSA) is 23.6 Å². The Kier molecular flexibility index (Phi) is 5.47. The van der Waals surface area contributed by atoms with Crippen molar-refractivity contribution in [3.63, 3.8) is 0 Å². The first-order valence-corrected chi connectivity index (χ1v) is 9.05. The molecule has 0 N–H and O–H groups in total. The summed E-state index contributed by atoms with van der Waals surface area (Å²) in [5, 5.41) is 0.770. The number of piperazine rings is 1. The summed E-state index contributed by atoms with van der Waals surface area (Å²) in [6.07, 6.45) is 0. The highest BCUT2D eigenvalue weighted by molar-refractivity contribution is 8.00. The minimum absolute atomic E-state index is 0.206. The maximum absolute atomic E-state index is 12.3. The summed E-state index contributed by atoms with van der Waals surface area (Å²) in [7, 11) is 0. The van der Waals surface area contributed by atoms with Gasteiger partial charge in [-0.3, -0.25) is 4.79 Å². The lowest BCUT2D eigenvalue weighted by molar-refractivity contribution is -0.128. The molecule has 3 nitrogen and oxygen atoms in total. The Morgan fingerprint density at radius 1 is 0.957 bits per heavy atom. The van der Waals surface area contributed by atoms with Crippen LogP contribution in [-0.4, -0.2) is 42.7 Å². The van der Waals surface area contributed by atoms with Gasteiger partial charge in [-0.2, -0.15) is 0 Å². The Morgan fingerprint density at radius 3 is 2.30 bits per heavy atom. The minimum atomic E-state index is 0.206. The van der Waals surface area contributed by atoms with Crippen LogP contribution in [0, 0.1) is 0 Å². The molecular formula is C18H19ClN2OS. The van der Waals surface area contributed by atoms with Crippen molar-refractivity contribution < 1.29 is 4.79 Å². The van der Waals surface area contributed by atoms with Crippen LogP contribution in [-0.2, 0) is 4.79 Å². The predicted molar refractivity (Wildman–Crippen MR) is 97.4 cm³/mol. The molecule has 1 amide bonds. The molecule has 120 valence electrons. The van der Waals surface area contributed by atoms with Gasteiger partial charge in [-0.15, -0.1) is 11.8 Å². The van der Waals surface area contributed by atoms with Crippen molar-refractivity contribution in [2.45, 2.75) is 4.90 Å². The van der Waals surface area contributed by atoms with E-state index in [2.05, 4.69) is 4.90 Å². The quantitative estimate of drug-likeness (QED) is 0.787. The Hall–Kier alpha value is -1.65. The van der Waals surface area contributed by atoms with E-state index in [9.17, 15) is 4.79 Å². The van der Waals surface area contributed by atoms with Crippen LogP contribution in [0.1, 0.15) is 0 Å². The molecule has 23 heavy (non-hydrogen) atoms. The molecule has 0 aliphatic carbocycles. The third kappa shape index (κ3) is 4.21. The fourth-order valence-corrected chi connectivity index (χ4v) is 3.74. The Balaban J connectivity index is 1.50. The van der Waals surface area contributed by atoms with Crippen molar-refractivity contribution in [1.29, 1.82) is 0 Å². The predicted octanol–water partition coefficient (Wildman–Crippen LogP) is 3.78. The van der Waals surface area contributed by atoms with Crippen LogP contribution >= 0.6 is 23.4 Å². The van der Waals surface area contributed by atoms with Crippen LogP contribution in [0.2, 0.25) is 5.02 Å². The van der Waals surface area contributed by atoms with Crippen LogP contribution in [0.3, 0.4) is 0 Å². The van der Waals surface area contributed by atoms with Crippen LogP contribution < -0.4 is 4.90 Å². The average Bonchev–Trinajstić information content (AvgIpc) is 2.61. The highest BCUT2D eigenvalue weighted by Gasteiger charge is 2.22. The van der Waals surface area contributed by atoms with Gasteiger partial charge in [-0.1, -0.05) is 41.9 Å². The lowest BCUT2D eigenvalue weighted by atomic mass is 10.2. The van der Waals surface area contributed by atoms with Gasteiger partial charge in [-0.05, 0) is 24.3 Å². The zero-order valence-electron chi connectivity index (χ0n) is 12.8. The standard InChI is InChI=1S/C18H19ClN2OS/c19-16-8-4-5-9-17(16)20-10-12-21(13-11-20)18(22)14-23-15-6-2-1-3-7-15/h1-9H,10-14H2. The number of rotatable bonds is 4. The number of hydrogen-bond acceptors (Lipinski definition) is 3. The molecule has 0 aromatic heterocycles. The molecule has 0 atom stereocenters. The average molecular weight is 347 g/mol. The lowest BCUT2D eigenvalue weighted by Crippen LogP contribution is -2.49. The van der Waals surface area contributed by atoms with Gasteiger partial charge < -0.3 is 9.80 Å². The van der Waals surface area contributed by atoms with Crippen molar-refractivity contribution in [2.24, 2.45) is 0 Å². The summed E-state index contributed by atoms with van der Waals surface area (Å²) >= 11 is 7.84. The van der Waals surface area contributed by atoms with E-state index in [1.165, 1.54) is 0 Å². The summed E-state index contributed by atoms with van der Waals surface area (Å²) < 4.78 is 0. The van der Waals surface area contributed by atoms with E-state index in [1.54, 1.807) is 11.8 Å². The molecule has 3 rings (SSSR count). The molecule has 1 aliphatic heterocycles. The van der Waals surface area contributed by atoms with E-state index in [-0.39, 0.29) is 5.91 Å². The summed E-state index contributed by atoms with van der Waals surface area (Å²) in [4.78, 5) is 17.7. The summed E-state index contributed by atoms with van der Waals surface area (Å²) in [5.74, 6) is 0.702. The number of nitrogens with zero attached hydrogens (tertiary/aromatic N) is 2. The number of para-hydroxylation sites is 1. The molecule has 1 heterocycles. The fraction of sp³-hybridized carbons (Fsp3) is 0.278. The SMILES string of the molecule is O=C(CSc1ccccc1)N1CCN(c2ccccc2Cl)CC1. The van der Waals surface area contributed by atoms with E-state index in [0.717, 1.165) is 41.8 Å². The first kappa shape index (κ1) is 16.2. The van der Waals surface area contributed by atoms with Gasteiger partial charge in [0.15, 0.2) is 0 Å². The van der Waals surface area contributed by atoms with Crippen molar-refractivity contribution in [1.82, 2.24) is 4.90 Å². The molecule has 2 aromatic rings. The van der Waals surface area contributed by atoms with E-state index in [0.29, 0.717) is 5.75 Å². The maximum atomic E-state index is 12.3. The number of anilines is 1. The van der Waals surface area contributed by atoms with Gasteiger partial charge in [0.25, 0.3) is 0 Å². The number of hydrogen-bond donors (Lipinski definition) is 0. The minimum Gasteiger partial charge on any atom is -0.367 e. The maximum Gasteiger partial charge on any atom is 0.233 e. The van der Waals surface area contributed by atoms with Crippen molar-refractivity contribution in [2.75, 3.05) is 36.8 Å². The highest BCUT2D eigenvalue weighted by atomic mass is 35.5. The fourth-order valence-electron chi connectivity index (χ4n) is 2.66. The Morgan fingerprint density at radius 2 is 1.61 bits per heavy atom. The molecule has 0 bridgehead atoms. The first-order valence-electron chi connectivity index (χ1n) is 7.69. The zero-order chi connectivity index (χ0) is 16.1. The summed E-state index contributed by atoms with van der Waals surface area (Å²) in [6, 6.07) is 17.9. The highest BCUT2D eigenvalue weighted by Crippen LogP contribution is 2.26. The molecule has 0 unspecified atom stereocenters. The lowest BCUT2D eigenvalue weighted by Gasteiger charge is -2.36. The number of benzene rings is 2. The second-order valence-corrected chi connectivity index (χ2v) is 6.88. The first-order chi connectivity index (χ1) is 11.2. The molecule has 0 spiro atoms. The van der Waals surface area contributed by atoms with Gasteiger partial charge in [0.1, 0.15) is 0 Å². The van der Waals surface area contributed by atoms with Gasteiger partial charge in [-0.25, -0.2) is 0 Å². The molecule has 1 saturated heterocycles. The third-order valence-corrected chi connectivity index (χ3v) is 5.25. The molecule has 0 saturated carbocycles. The molecular weight excluding hydrogens is 328 g/mol. The largest absolute Gasteiger partial charge is 0.367 e. The monoisotopic (exact) mass is 346 g/mol. The third-order valence-electron chi connectivity index (χ3n) is 3.93. The van der Waals surface area contributed by atoms with Crippen LogP contribution in [0.15, 0.2) is 59.5 Å². The van der Waals surface area contributed by atoms with Gasteiger partial charge in [0, 0.05) is 31.1 Å². The summed E-state index contributed by atoms with van der Waals surface area (Å²) in [5.41, 5.74) is 1.06. The van der Waals surface area contributed by atoms with Crippen molar-refractivity contribution in [3.05, 3.63) is 59.6 Å². The number of amides is 1. The Labute approximate surface area is 146 Å². The van der Waals surface area contributed by atoms with Crippen LogP contribution in [0.5, 0.6) is 0 Å². The van der Waals surface area contributed by atoms with Gasteiger partial charge in [0.2, 0.25) is 5.91 Å². The molecule has 2 aromatic carbocycles. The molecule has 0 radical (unpaired) electrons. The number of halogens is 1. The number of carbonyl (C=O) groups is 1. The molecule has 1 aliphatic rings. The number of thioether (sulfide) groups is 1. The number of carbonyl (C=O) groups excluding carboxylic acids is 1. The zero-order valence-corrected chi connectivity index (χ0v) is 14.4. The van der Waals surface area contributed by atoms with E-state index >= 15 is 0 Å². The van der Waals surface area contributed by atoms with Gasteiger partial charge in [0.05, 0.1) is 16.5 Å². The smallest absolute Gasteiger partial charge is 0.233 e. The second-order valence-electron chi connectivity index (χ2n) is 5.42. The van der Waals surface area contributed by atoms with E-state index in [4.69, 9.17) is 11.6 Å². The normalized spacial score (nSPS) is 14.8. The van der Waals surface area contributed by atoms with Crippen LogP contribution in [0.4, 0.5) is 5.69 Å². The van der Waals surface area contributed by atoms with E-state index < -0.39 is 0 Å². The van der Waals surface area contributed by atoms with Crippen molar-refractivity contribution >= 4 is 35.0 Å². The molecule has 1 fully saturated rings. The van der Waals surface area contributed by atoms with Crippen LogP contribution in [0.25, 0.3) is 0 Å². The molecule has 5 heteroatoms. The van der Waals surface area contributed by atoms with Gasteiger partial charge >= 0.3 is 0 Å². The van der Waals surface area contributed by atoms with Crippen molar-refractivity contribution in [3.8, 4) is 0 Å². The van der Waals surface area contributed by atoms with E-state index in [1.807, 2.05) is 59.5 Å².